The molecule has 0 aromatic heterocycles. The molecule has 15 nitrogen and oxygen atoms in total. The van der Waals surface area contributed by atoms with Crippen LogP contribution in [0.3, 0.4) is 0 Å². The summed E-state index contributed by atoms with van der Waals surface area (Å²) in [6.07, 6.45) is 0.861. The molecule has 0 bridgehead atoms. The number of hydrogen-bond donors (Lipinski definition) is 1. The largest absolute Gasteiger partial charge is 0.501 e. The minimum absolute atomic E-state index is 0.192. The fourth-order valence-electron chi connectivity index (χ4n) is 5.84. The minimum atomic E-state index is -2.74. The molecular formula is C35H70N4O11Si. The Labute approximate surface area is 308 Å². The van der Waals surface area contributed by atoms with E-state index in [1.807, 2.05) is 20.8 Å². The monoisotopic (exact) mass is 750 g/mol. The molecule has 1 N–H and O–H groups in total. The van der Waals surface area contributed by atoms with E-state index in [0.29, 0.717) is 144 Å². The number of hydrogen-bond acceptors (Lipinski definition) is 15. The van der Waals surface area contributed by atoms with Crippen LogP contribution >= 0.6 is 0 Å². The molecule has 0 aromatic carbocycles. The van der Waals surface area contributed by atoms with E-state index in [1.54, 1.807) is 20.8 Å². The molecule has 1 saturated heterocycles. The van der Waals surface area contributed by atoms with E-state index < -0.39 is 14.9 Å². The van der Waals surface area contributed by atoms with Crippen molar-refractivity contribution in [3.05, 3.63) is 0 Å². The number of β-amino-alcohol motifs (C(OH)–C–C–N with tert-alkyl or cyclic N) is 1. The van der Waals surface area contributed by atoms with Crippen LogP contribution < -0.4 is 0 Å². The van der Waals surface area contributed by atoms with Gasteiger partial charge in [-0.2, -0.15) is 0 Å². The summed E-state index contributed by atoms with van der Waals surface area (Å²) in [5.74, 6) is -0.683. The number of aliphatic hydroxyl groups is 1. The Morgan fingerprint density at radius 3 is 1.25 bits per heavy atom. The van der Waals surface area contributed by atoms with E-state index in [0.717, 1.165) is 0 Å². The summed E-state index contributed by atoms with van der Waals surface area (Å²) in [5.41, 5.74) is 0. The standard InChI is InChI=1S/C35H70N4O11Si/c1-7-45-33(41)14-17-36-20-22-37(18-15-34(42)46-8-2)24-26-39(27-25-38(23-21-36)19-16-35(43)47-9-3)30-32(40)31-44-28-13-29-51(48-10-4,49-11-5)50-12-6/h32,40H,7-31H2,1-6H3. The maximum atomic E-state index is 12.2. The van der Waals surface area contributed by atoms with Crippen LogP contribution in [0.1, 0.15) is 67.2 Å². The maximum Gasteiger partial charge on any atom is 0.501 e. The van der Waals surface area contributed by atoms with Crippen LogP contribution in [0.5, 0.6) is 0 Å². The Kier molecular flexibility index (Phi) is 27.5. The van der Waals surface area contributed by atoms with Gasteiger partial charge in [0, 0.05) is 111 Å². The van der Waals surface area contributed by atoms with Gasteiger partial charge in [0.15, 0.2) is 0 Å². The van der Waals surface area contributed by atoms with Crippen LogP contribution in [0.4, 0.5) is 0 Å². The molecule has 1 aliphatic rings. The summed E-state index contributed by atoms with van der Waals surface area (Å²) < 4.78 is 39.3. The Hall–Kier alpha value is -1.73. The molecule has 1 atom stereocenters. The third kappa shape index (κ3) is 22.8. The normalized spacial score (nSPS) is 17.0. The smallest absolute Gasteiger partial charge is 0.466 e. The summed E-state index contributed by atoms with van der Waals surface area (Å²) in [5, 5.41) is 11.1. The first-order valence-electron chi connectivity index (χ1n) is 19.2. The fraction of sp³-hybridized carbons (Fsp3) is 0.914. The highest BCUT2D eigenvalue weighted by Crippen LogP contribution is 2.18. The Morgan fingerprint density at radius 1 is 0.569 bits per heavy atom. The average molecular weight is 751 g/mol. The first-order chi connectivity index (χ1) is 24.6. The number of aliphatic hydroxyl groups excluding tert-OH is 1. The molecule has 1 aliphatic heterocycles. The summed E-state index contributed by atoms with van der Waals surface area (Å²) >= 11 is 0. The van der Waals surface area contributed by atoms with Gasteiger partial charge in [-0.05, 0) is 48.0 Å². The van der Waals surface area contributed by atoms with E-state index in [2.05, 4.69) is 19.6 Å². The topological polar surface area (TPSA) is 149 Å². The molecule has 16 heteroatoms. The van der Waals surface area contributed by atoms with Crippen LogP contribution in [0.25, 0.3) is 0 Å². The number of ether oxygens (including phenoxy) is 4. The number of esters is 3. The van der Waals surface area contributed by atoms with Crippen LogP contribution in [0.2, 0.25) is 6.04 Å². The van der Waals surface area contributed by atoms with Crippen LogP contribution in [0, 0.1) is 0 Å². The first-order valence-corrected chi connectivity index (χ1v) is 21.1. The molecule has 0 radical (unpaired) electrons. The average Bonchev–Trinajstić information content (AvgIpc) is 3.09. The molecule has 51 heavy (non-hydrogen) atoms. The Bertz CT molecular complexity index is 868. The molecule has 1 fully saturated rings. The number of carbonyl (C=O) groups excluding carboxylic acids is 3. The van der Waals surface area contributed by atoms with E-state index >= 15 is 0 Å². The number of nitrogens with zero attached hydrogens (tertiary/aromatic N) is 4. The van der Waals surface area contributed by atoms with Gasteiger partial charge in [0.2, 0.25) is 0 Å². The van der Waals surface area contributed by atoms with Crippen molar-refractivity contribution in [3.63, 3.8) is 0 Å². The second-order valence-corrected chi connectivity index (χ2v) is 15.0. The zero-order chi connectivity index (χ0) is 37.7. The van der Waals surface area contributed by atoms with Gasteiger partial charge < -0.3 is 52.0 Å². The SMILES string of the molecule is CCOC(=O)CCN1CCN(CCC(=O)OCC)CCN(CC(O)COCCC[Si](OCC)(OCC)OCC)CCN(CCC(=O)OCC)CC1. The summed E-state index contributed by atoms with van der Waals surface area (Å²) in [6.45, 7) is 22.0. The summed E-state index contributed by atoms with van der Waals surface area (Å²) in [4.78, 5) is 45.6. The third-order valence-corrected chi connectivity index (χ3v) is 11.5. The second-order valence-electron chi connectivity index (χ2n) is 12.3. The van der Waals surface area contributed by atoms with Crippen molar-refractivity contribution in [1.82, 2.24) is 19.6 Å². The number of rotatable bonds is 26. The van der Waals surface area contributed by atoms with Crippen molar-refractivity contribution in [2.75, 3.05) is 131 Å². The third-order valence-electron chi connectivity index (χ3n) is 8.39. The van der Waals surface area contributed by atoms with Gasteiger partial charge in [0.1, 0.15) is 0 Å². The lowest BCUT2D eigenvalue weighted by molar-refractivity contribution is -0.144. The minimum Gasteiger partial charge on any atom is -0.466 e. The Morgan fingerprint density at radius 2 is 0.922 bits per heavy atom. The van der Waals surface area contributed by atoms with Gasteiger partial charge in [0.05, 0.1) is 51.8 Å². The second kappa shape index (κ2) is 29.7. The molecule has 0 aromatic rings. The molecule has 0 aliphatic carbocycles. The fourth-order valence-corrected chi connectivity index (χ4v) is 8.42. The highest BCUT2D eigenvalue weighted by Gasteiger charge is 2.39. The van der Waals surface area contributed by atoms with Gasteiger partial charge in [0.25, 0.3) is 0 Å². The van der Waals surface area contributed by atoms with Crippen molar-refractivity contribution >= 4 is 26.7 Å². The highest BCUT2D eigenvalue weighted by atomic mass is 28.4. The van der Waals surface area contributed by atoms with Crippen LogP contribution in [-0.2, 0) is 46.6 Å². The molecule has 0 spiro atoms. The predicted molar refractivity (Wildman–Crippen MR) is 196 cm³/mol. The highest BCUT2D eigenvalue weighted by molar-refractivity contribution is 6.60. The van der Waals surface area contributed by atoms with Crippen molar-refractivity contribution in [2.45, 2.75) is 79.4 Å². The van der Waals surface area contributed by atoms with Crippen molar-refractivity contribution in [1.29, 1.82) is 0 Å². The van der Waals surface area contributed by atoms with Gasteiger partial charge in [-0.1, -0.05) is 0 Å². The van der Waals surface area contributed by atoms with Gasteiger partial charge >= 0.3 is 26.7 Å². The summed E-state index contributed by atoms with van der Waals surface area (Å²) in [6, 6.07) is 0.647. The molecule has 300 valence electrons. The zero-order valence-corrected chi connectivity index (χ0v) is 33.6. The number of carbonyl (C=O) groups is 3. The first kappa shape index (κ1) is 47.3. The predicted octanol–water partition coefficient (Wildman–Crippen LogP) is 1.88. The van der Waals surface area contributed by atoms with E-state index in [-0.39, 0.29) is 37.4 Å². The van der Waals surface area contributed by atoms with Gasteiger partial charge in [-0.25, -0.2) is 0 Å². The van der Waals surface area contributed by atoms with E-state index in [4.69, 9.17) is 32.2 Å². The summed E-state index contributed by atoms with van der Waals surface area (Å²) in [7, 11) is -2.74. The van der Waals surface area contributed by atoms with Crippen molar-refractivity contribution in [2.24, 2.45) is 0 Å². The molecule has 1 rings (SSSR count). The molecule has 1 unspecified atom stereocenters. The molecule has 0 amide bonds. The molecule has 1 heterocycles. The lowest BCUT2D eigenvalue weighted by atomic mass is 10.2. The zero-order valence-electron chi connectivity index (χ0n) is 32.6. The van der Waals surface area contributed by atoms with Crippen molar-refractivity contribution in [3.8, 4) is 0 Å². The van der Waals surface area contributed by atoms with Crippen LogP contribution in [0.15, 0.2) is 0 Å². The Balaban J connectivity index is 2.96. The molecular weight excluding hydrogens is 680 g/mol. The van der Waals surface area contributed by atoms with E-state index in [9.17, 15) is 19.5 Å². The quantitative estimate of drug-likeness (QED) is 0.0593. The van der Waals surface area contributed by atoms with Gasteiger partial charge in [-0.15, -0.1) is 0 Å². The van der Waals surface area contributed by atoms with Gasteiger partial charge in [-0.3, -0.25) is 19.3 Å². The lowest BCUT2D eigenvalue weighted by Crippen LogP contribution is -2.48. The van der Waals surface area contributed by atoms with E-state index in [1.165, 1.54) is 0 Å². The maximum absolute atomic E-state index is 12.2. The molecule has 0 saturated carbocycles. The lowest BCUT2D eigenvalue weighted by Gasteiger charge is -2.34. The van der Waals surface area contributed by atoms with Crippen LogP contribution in [-0.4, -0.2) is 189 Å². The van der Waals surface area contributed by atoms with Crippen molar-refractivity contribution < 1.29 is 51.7 Å².